The molecule has 1 saturated carbocycles. The number of hydrogen-bond donors (Lipinski definition) is 1. The second-order valence-electron chi connectivity index (χ2n) is 5.70. The molecule has 108 valence electrons. The first kappa shape index (κ1) is 14.1. The van der Waals surface area contributed by atoms with Gasteiger partial charge < -0.3 is 4.98 Å². The lowest BCUT2D eigenvalue weighted by Gasteiger charge is -2.30. The van der Waals surface area contributed by atoms with Gasteiger partial charge in [-0.1, -0.05) is 37.8 Å². The smallest absolute Gasteiger partial charge is 0.179 e. The molecule has 2 heterocycles. The van der Waals surface area contributed by atoms with E-state index in [1.165, 1.54) is 32.1 Å². The van der Waals surface area contributed by atoms with E-state index in [4.69, 9.17) is 23.8 Å². The van der Waals surface area contributed by atoms with Crippen LogP contribution in [0, 0.1) is 10.7 Å². The van der Waals surface area contributed by atoms with E-state index in [2.05, 4.69) is 21.5 Å². The molecule has 2 aromatic rings. The normalized spacial score (nSPS) is 18.5. The summed E-state index contributed by atoms with van der Waals surface area (Å²) in [6.45, 7) is 2.25. The fourth-order valence-corrected chi connectivity index (χ4v) is 4.03. The summed E-state index contributed by atoms with van der Waals surface area (Å²) in [6.07, 6.45) is 9.47. The maximum Gasteiger partial charge on any atom is 0.179 e. The summed E-state index contributed by atoms with van der Waals surface area (Å²) in [5, 5.41) is 0.645. The number of H-pyrrole nitrogens is 1. The molecule has 1 aliphatic rings. The van der Waals surface area contributed by atoms with Crippen molar-refractivity contribution in [2.45, 2.75) is 51.5 Å². The second-order valence-corrected chi connectivity index (χ2v) is 6.52. The number of rotatable bonds is 3. The number of fused-ring (bicyclic) bond motifs is 1. The zero-order valence-corrected chi connectivity index (χ0v) is 13.3. The van der Waals surface area contributed by atoms with Gasteiger partial charge in [0.15, 0.2) is 10.4 Å². The molecule has 0 aliphatic heterocycles. The Morgan fingerprint density at radius 1 is 1.45 bits per heavy atom. The average molecular weight is 310 g/mol. The molecule has 0 aromatic carbocycles. The van der Waals surface area contributed by atoms with Gasteiger partial charge in [0.25, 0.3) is 0 Å². The minimum atomic E-state index is 0.449. The van der Waals surface area contributed by atoms with Crippen molar-refractivity contribution in [3.63, 3.8) is 0 Å². The first-order valence-corrected chi connectivity index (χ1v) is 8.25. The lowest BCUT2D eigenvalue weighted by Crippen LogP contribution is -2.21. The summed E-state index contributed by atoms with van der Waals surface area (Å²) in [7, 11) is 0. The van der Waals surface area contributed by atoms with E-state index in [-0.39, 0.29) is 0 Å². The maximum absolute atomic E-state index is 6.02. The zero-order chi connectivity index (χ0) is 14.1. The third-order valence-electron chi connectivity index (χ3n) is 4.47. The minimum absolute atomic E-state index is 0.449. The van der Waals surface area contributed by atoms with E-state index in [0.29, 0.717) is 11.1 Å². The van der Waals surface area contributed by atoms with Gasteiger partial charge in [0.05, 0.1) is 10.5 Å². The maximum atomic E-state index is 6.02. The lowest BCUT2D eigenvalue weighted by atomic mass is 9.83. The van der Waals surface area contributed by atoms with Crippen molar-refractivity contribution in [1.29, 1.82) is 0 Å². The third-order valence-corrected chi connectivity index (χ3v) is 4.97. The number of halogens is 1. The highest BCUT2D eigenvalue weighted by Crippen LogP contribution is 2.36. The fraction of sp³-hybridized carbons (Fsp3) is 0.600. The Morgan fingerprint density at radius 3 is 2.90 bits per heavy atom. The molecule has 1 fully saturated rings. The number of nitrogens with zero attached hydrogens (tertiary/aromatic N) is 2. The highest BCUT2D eigenvalue weighted by molar-refractivity contribution is 7.71. The summed E-state index contributed by atoms with van der Waals surface area (Å²) < 4.78 is 2.99. The van der Waals surface area contributed by atoms with Crippen LogP contribution < -0.4 is 0 Å². The molecular weight excluding hydrogens is 290 g/mol. The Hall–Kier alpha value is -0.870. The Labute approximate surface area is 129 Å². The zero-order valence-electron chi connectivity index (χ0n) is 11.7. The summed E-state index contributed by atoms with van der Waals surface area (Å²) in [5.41, 5.74) is 1.88. The Balaban J connectivity index is 2.06. The molecule has 0 amide bonds. The molecule has 3 nitrogen and oxygen atoms in total. The van der Waals surface area contributed by atoms with Crippen molar-refractivity contribution in [2.24, 2.45) is 5.92 Å². The third kappa shape index (κ3) is 2.51. The molecule has 3 rings (SSSR count). The van der Waals surface area contributed by atoms with Crippen LogP contribution in [0.15, 0.2) is 12.3 Å². The summed E-state index contributed by atoms with van der Waals surface area (Å²) in [6, 6.07) is 2.36. The topological polar surface area (TPSA) is 33.6 Å². The first-order chi connectivity index (χ1) is 9.70. The molecule has 1 aliphatic carbocycles. The van der Waals surface area contributed by atoms with Gasteiger partial charge in [-0.25, -0.2) is 4.98 Å². The monoisotopic (exact) mass is 309 g/mol. The number of aromatic amines is 1. The van der Waals surface area contributed by atoms with E-state index >= 15 is 0 Å². The molecule has 0 saturated heterocycles. The van der Waals surface area contributed by atoms with Crippen molar-refractivity contribution in [2.75, 3.05) is 0 Å². The molecule has 2 aromatic heterocycles. The molecular formula is C15H20ClN3S. The molecule has 1 atom stereocenters. The summed E-state index contributed by atoms with van der Waals surface area (Å²) in [4.78, 5) is 7.75. The number of hydrogen-bond acceptors (Lipinski definition) is 2. The largest absolute Gasteiger partial charge is 0.329 e. The van der Waals surface area contributed by atoms with E-state index < -0.39 is 0 Å². The van der Waals surface area contributed by atoms with E-state index in [1.807, 2.05) is 6.07 Å². The van der Waals surface area contributed by atoms with Crippen molar-refractivity contribution in [3.8, 4) is 0 Å². The predicted octanol–water partition coefficient (Wildman–Crippen LogP) is 5.28. The summed E-state index contributed by atoms with van der Waals surface area (Å²) in [5.74, 6) is 0.719. The standard InChI is InChI=1S/C15H20ClN3S/c1-2-13(10-6-4-3-5-7-10)19-14-12(18-15(19)20)8-11(16)9-17-14/h8-10,13H,2-7H2,1H3,(H,18,20). The van der Waals surface area contributed by atoms with Gasteiger partial charge in [-0.05, 0) is 43.5 Å². The van der Waals surface area contributed by atoms with E-state index in [9.17, 15) is 0 Å². The fourth-order valence-electron chi connectivity index (χ4n) is 3.54. The first-order valence-electron chi connectivity index (χ1n) is 7.46. The molecule has 0 spiro atoms. The SMILES string of the molecule is CCC(C1CCCCC1)n1c(=S)[nH]c2cc(Cl)cnc21. The van der Waals surface area contributed by atoms with Crippen molar-refractivity contribution >= 4 is 35.0 Å². The van der Waals surface area contributed by atoms with Crippen molar-refractivity contribution in [1.82, 2.24) is 14.5 Å². The van der Waals surface area contributed by atoms with Crippen LogP contribution >= 0.6 is 23.8 Å². The van der Waals surface area contributed by atoms with Crippen LogP contribution in [-0.4, -0.2) is 14.5 Å². The molecule has 5 heteroatoms. The van der Waals surface area contributed by atoms with Crippen LogP contribution in [0.3, 0.4) is 0 Å². The number of pyridine rings is 1. The highest BCUT2D eigenvalue weighted by atomic mass is 35.5. The van der Waals surface area contributed by atoms with Gasteiger partial charge in [0.2, 0.25) is 0 Å². The van der Waals surface area contributed by atoms with E-state index in [0.717, 1.165) is 28.3 Å². The summed E-state index contributed by atoms with van der Waals surface area (Å²) >= 11 is 11.5. The Kier molecular flexibility index (Phi) is 4.13. The molecule has 1 unspecified atom stereocenters. The van der Waals surface area contributed by atoms with Crippen molar-refractivity contribution < 1.29 is 0 Å². The Bertz CT molecular complexity index is 655. The number of nitrogens with one attached hydrogen (secondary N) is 1. The number of aromatic nitrogens is 3. The lowest BCUT2D eigenvalue weighted by molar-refractivity contribution is 0.245. The van der Waals surface area contributed by atoms with Gasteiger partial charge >= 0.3 is 0 Å². The van der Waals surface area contributed by atoms with Crippen LogP contribution in [0.25, 0.3) is 11.2 Å². The molecule has 1 N–H and O–H groups in total. The van der Waals surface area contributed by atoms with Crippen LogP contribution in [0.5, 0.6) is 0 Å². The highest BCUT2D eigenvalue weighted by Gasteiger charge is 2.26. The van der Waals surface area contributed by atoms with Crippen LogP contribution in [0.2, 0.25) is 5.02 Å². The molecule has 20 heavy (non-hydrogen) atoms. The van der Waals surface area contributed by atoms with Crippen molar-refractivity contribution in [3.05, 3.63) is 22.1 Å². The van der Waals surface area contributed by atoms with Crippen LogP contribution in [0.4, 0.5) is 0 Å². The molecule has 0 radical (unpaired) electrons. The predicted molar refractivity (Wildman–Crippen MR) is 85.8 cm³/mol. The van der Waals surface area contributed by atoms with Crippen LogP contribution in [0.1, 0.15) is 51.5 Å². The van der Waals surface area contributed by atoms with Gasteiger partial charge in [-0.15, -0.1) is 0 Å². The van der Waals surface area contributed by atoms with Crippen LogP contribution in [-0.2, 0) is 0 Å². The van der Waals surface area contributed by atoms with E-state index in [1.54, 1.807) is 6.20 Å². The van der Waals surface area contributed by atoms with Gasteiger partial charge in [0, 0.05) is 12.2 Å². The van der Waals surface area contributed by atoms with Gasteiger partial charge in [0.1, 0.15) is 0 Å². The number of imidazole rings is 1. The quantitative estimate of drug-likeness (QED) is 0.783. The van der Waals surface area contributed by atoms with Gasteiger partial charge in [-0.2, -0.15) is 0 Å². The average Bonchev–Trinajstić information content (AvgIpc) is 2.77. The second kappa shape index (κ2) is 5.86. The minimum Gasteiger partial charge on any atom is -0.329 e. The Morgan fingerprint density at radius 2 is 2.20 bits per heavy atom. The van der Waals surface area contributed by atoms with Gasteiger partial charge in [-0.3, -0.25) is 4.57 Å². The molecule has 0 bridgehead atoms.